The lowest BCUT2D eigenvalue weighted by Crippen LogP contribution is -2.17. The number of sulfonamides is 1. The molecular formula is C13H11ClN4O3S2. The fraction of sp³-hybridized carbons (Fsp3) is 0.154. The molecule has 0 atom stereocenters. The van der Waals surface area contributed by atoms with E-state index in [1.165, 1.54) is 18.2 Å². The van der Waals surface area contributed by atoms with Gasteiger partial charge in [-0.05, 0) is 48.6 Å². The first-order chi connectivity index (χ1) is 10.8. The van der Waals surface area contributed by atoms with Gasteiger partial charge in [0.05, 0.1) is 21.3 Å². The molecule has 0 amide bonds. The van der Waals surface area contributed by atoms with E-state index in [1.54, 1.807) is 6.07 Å². The number of halogens is 1. The van der Waals surface area contributed by atoms with Gasteiger partial charge in [-0.15, -0.1) is 10.2 Å². The van der Waals surface area contributed by atoms with Crippen molar-refractivity contribution in [1.82, 2.24) is 4.37 Å². The van der Waals surface area contributed by atoms with E-state index in [0.717, 1.165) is 17.2 Å². The van der Waals surface area contributed by atoms with E-state index >= 15 is 0 Å². The number of aromatic nitrogens is 1. The monoisotopic (exact) mass is 370 g/mol. The lowest BCUT2D eigenvalue weighted by atomic mass is 10.1. The average Bonchev–Trinajstić information content (AvgIpc) is 2.90. The normalized spacial score (nSPS) is 14.8. The van der Waals surface area contributed by atoms with E-state index in [0.29, 0.717) is 29.1 Å². The van der Waals surface area contributed by atoms with Gasteiger partial charge in [0.25, 0.3) is 0 Å². The molecule has 3 N–H and O–H groups in total. The molecule has 120 valence electrons. The van der Waals surface area contributed by atoms with Crippen molar-refractivity contribution >= 4 is 49.9 Å². The zero-order chi connectivity index (χ0) is 16.6. The van der Waals surface area contributed by atoms with E-state index in [1.807, 2.05) is 0 Å². The number of phenols is 1. The minimum absolute atomic E-state index is 0.0403. The number of allylic oxidation sites excluding steroid dienone is 1. The first-order valence-electron chi connectivity index (χ1n) is 6.47. The van der Waals surface area contributed by atoms with Gasteiger partial charge >= 0.3 is 0 Å². The Balaban J connectivity index is 1.95. The van der Waals surface area contributed by atoms with E-state index in [9.17, 15) is 13.5 Å². The van der Waals surface area contributed by atoms with Gasteiger partial charge in [0.1, 0.15) is 5.75 Å². The van der Waals surface area contributed by atoms with Crippen LogP contribution in [0.5, 0.6) is 5.75 Å². The SMILES string of the molecule is NS(=O)(=O)C1=Cc2c(nsc2/N=N/c2ccc(O)c(Cl)c2)CC1. The predicted molar refractivity (Wildman–Crippen MR) is 88.8 cm³/mol. The summed E-state index contributed by atoms with van der Waals surface area (Å²) in [5.74, 6) is -0.0403. The zero-order valence-electron chi connectivity index (χ0n) is 11.6. The van der Waals surface area contributed by atoms with Crippen LogP contribution in [-0.4, -0.2) is 17.9 Å². The molecule has 0 saturated carbocycles. The quantitative estimate of drug-likeness (QED) is 0.803. The van der Waals surface area contributed by atoms with E-state index < -0.39 is 10.0 Å². The molecule has 23 heavy (non-hydrogen) atoms. The fourth-order valence-electron chi connectivity index (χ4n) is 2.08. The molecule has 0 radical (unpaired) electrons. The molecule has 2 aromatic rings. The average molecular weight is 371 g/mol. The van der Waals surface area contributed by atoms with Crippen molar-refractivity contribution in [2.45, 2.75) is 12.8 Å². The summed E-state index contributed by atoms with van der Waals surface area (Å²) in [5, 5.41) is 23.3. The number of phenolic OH excluding ortho intramolecular Hbond substituents is 1. The van der Waals surface area contributed by atoms with Gasteiger partial charge in [-0.1, -0.05) is 11.6 Å². The lowest BCUT2D eigenvalue weighted by molar-refractivity contribution is 0.475. The summed E-state index contributed by atoms with van der Waals surface area (Å²) in [6.45, 7) is 0. The van der Waals surface area contributed by atoms with Crippen molar-refractivity contribution in [1.29, 1.82) is 0 Å². The fourth-order valence-corrected chi connectivity index (χ4v) is 3.66. The highest BCUT2D eigenvalue weighted by Gasteiger charge is 2.22. The highest BCUT2D eigenvalue weighted by atomic mass is 35.5. The molecule has 0 bridgehead atoms. The van der Waals surface area contributed by atoms with Crippen LogP contribution < -0.4 is 5.14 Å². The Hall–Kier alpha value is -1.81. The summed E-state index contributed by atoms with van der Waals surface area (Å²) in [4.78, 5) is 0.161. The maximum atomic E-state index is 11.5. The van der Waals surface area contributed by atoms with Crippen LogP contribution in [0.25, 0.3) is 6.08 Å². The number of fused-ring (bicyclic) bond motifs is 1. The third-order valence-electron chi connectivity index (χ3n) is 3.25. The molecule has 1 heterocycles. The first-order valence-corrected chi connectivity index (χ1v) is 9.16. The Morgan fingerprint density at radius 1 is 1.30 bits per heavy atom. The third-order valence-corrected chi connectivity index (χ3v) is 5.39. The Bertz CT molecular complexity index is 935. The molecule has 1 aliphatic carbocycles. The van der Waals surface area contributed by atoms with Crippen LogP contribution in [-0.2, 0) is 16.4 Å². The van der Waals surface area contributed by atoms with Crippen LogP contribution in [0, 0.1) is 0 Å². The minimum atomic E-state index is -3.72. The van der Waals surface area contributed by atoms with Gasteiger partial charge in [-0.25, -0.2) is 13.6 Å². The van der Waals surface area contributed by atoms with Crippen molar-refractivity contribution in [3.05, 3.63) is 39.4 Å². The van der Waals surface area contributed by atoms with Gasteiger partial charge in [0, 0.05) is 5.56 Å². The van der Waals surface area contributed by atoms with Crippen molar-refractivity contribution in [3.8, 4) is 5.75 Å². The molecule has 0 aliphatic heterocycles. The molecule has 0 spiro atoms. The molecule has 0 unspecified atom stereocenters. The van der Waals surface area contributed by atoms with Gasteiger partial charge in [-0.2, -0.15) is 4.37 Å². The Kier molecular flexibility index (Phi) is 4.19. The molecule has 10 heteroatoms. The third kappa shape index (κ3) is 3.42. The number of nitrogens with zero attached hydrogens (tertiary/aromatic N) is 3. The standard InChI is InChI=1S/C13H11ClN4O3S2/c14-10-5-7(1-4-12(10)19)16-17-13-9-6-8(23(15,20)21)2-3-11(9)18-22-13/h1,4-6,19H,2-3H2,(H2,15,20,21)/b17-16+. The first kappa shape index (κ1) is 16.1. The maximum Gasteiger partial charge on any atom is 0.234 e. The molecule has 3 rings (SSSR count). The van der Waals surface area contributed by atoms with Crippen LogP contribution in [0.4, 0.5) is 10.7 Å². The Labute approximate surface area is 141 Å². The second kappa shape index (κ2) is 6.00. The number of aromatic hydroxyl groups is 1. The van der Waals surface area contributed by atoms with Crippen molar-refractivity contribution in [3.63, 3.8) is 0 Å². The summed E-state index contributed by atoms with van der Waals surface area (Å²) in [6.07, 6.45) is 2.32. The number of aryl methyl sites for hydroxylation is 1. The van der Waals surface area contributed by atoms with E-state index in [2.05, 4.69) is 14.6 Å². The highest BCUT2D eigenvalue weighted by Crippen LogP contribution is 2.37. The highest BCUT2D eigenvalue weighted by molar-refractivity contribution is 7.93. The van der Waals surface area contributed by atoms with Gasteiger partial charge in [0.2, 0.25) is 10.0 Å². The van der Waals surface area contributed by atoms with Crippen LogP contribution in [0.15, 0.2) is 33.3 Å². The lowest BCUT2D eigenvalue weighted by Gasteiger charge is -2.10. The number of rotatable bonds is 3. The second-order valence-electron chi connectivity index (χ2n) is 4.84. The number of benzene rings is 1. The maximum absolute atomic E-state index is 11.5. The minimum Gasteiger partial charge on any atom is -0.506 e. The summed E-state index contributed by atoms with van der Waals surface area (Å²) < 4.78 is 27.2. The molecule has 0 saturated heterocycles. The second-order valence-corrected chi connectivity index (χ2v) is 7.61. The van der Waals surface area contributed by atoms with Crippen LogP contribution >= 0.6 is 23.1 Å². The molecule has 0 fully saturated rings. The number of hydrogen-bond acceptors (Lipinski definition) is 7. The molecule has 1 aromatic heterocycles. The van der Waals surface area contributed by atoms with E-state index in [-0.39, 0.29) is 15.7 Å². The summed E-state index contributed by atoms with van der Waals surface area (Å²) >= 11 is 6.94. The largest absolute Gasteiger partial charge is 0.506 e. The van der Waals surface area contributed by atoms with Crippen molar-refractivity contribution < 1.29 is 13.5 Å². The van der Waals surface area contributed by atoms with Crippen LogP contribution in [0.1, 0.15) is 17.7 Å². The number of nitrogens with two attached hydrogens (primary N) is 1. The number of azo groups is 1. The smallest absolute Gasteiger partial charge is 0.234 e. The summed E-state index contributed by atoms with van der Waals surface area (Å²) in [5.41, 5.74) is 1.86. The van der Waals surface area contributed by atoms with Crippen LogP contribution in [0.2, 0.25) is 5.02 Å². The molecule has 7 nitrogen and oxygen atoms in total. The van der Waals surface area contributed by atoms with Crippen molar-refractivity contribution in [2.75, 3.05) is 0 Å². The van der Waals surface area contributed by atoms with Gasteiger partial charge in [0.15, 0.2) is 5.00 Å². The number of hydrogen-bond donors (Lipinski definition) is 2. The topological polar surface area (TPSA) is 118 Å². The Morgan fingerprint density at radius 3 is 2.78 bits per heavy atom. The predicted octanol–water partition coefficient (Wildman–Crippen LogP) is 3.49. The van der Waals surface area contributed by atoms with Gasteiger partial charge in [-0.3, -0.25) is 0 Å². The molecule has 1 aliphatic rings. The summed E-state index contributed by atoms with van der Waals surface area (Å²) in [7, 11) is -3.72. The van der Waals surface area contributed by atoms with Gasteiger partial charge < -0.3 is 5.11 Å². The van der Waals surface area contributed by atoms with Crippen LogP contribution in [0.3, 0.4) is 0 Å². The Morgan fingerprint density at radius 2 is 2.09 bits per heavy atom. The van der Waals surface area contributed by atoms with Crippen molar-refractivity contribution in [2.24, 2.45) is 15.4 Å². The molecular weight excluding hydrogens is 360 g/mol. The molecule has 1 aromatic carbocycles. The van der Waals surface area contributed by atoms with E-state index in [4.69, 9.17) is 16.7 Å². The zero-order valence-corrected chi connectivity index (χ0v) is 14.0. The number of primary sulfonamides is 1. The summed E-state index contributed by atoms with van der Waals surface area (Å²) in [6, 6.07) is 4.45.